The Kier molecular flexibility index (Phi) is 1.09. The fraction of sp³-hybridized carbons (Fsp3) is 1.00. The molecule has 0 aliphatic heterocycles. The quantitative estimate of drug-likeness (QED) is 0.539. The highest BCUT2D eigenvalue weighted by molar-refractivity contribution is 5.06. The molecule has 0 heteroatoms. The van der Waals surface area contributed by atoms with Gasteiger partial charge >= 0.3 is 0 Å². The van der Waals surface area contributed by atoms with Crippen LogP contribution in [0.1, 0.15) is 33.1 Å². The normalized spacial score (nSPS) is 66.0. The molecule has 0 bridgehead atoms. The number of hydrogen-bond acceptors (Lipinski definition) is 0. The molecular formula is C11H18. The molecule has 11 heavy (non-hydrogen) atoms. The van der Waals surface area contributed by atoms with E-state index in [9.17, 15) is 0 Å². The zero-order chi connectivity index (χ0) is 7.59. The standard InChI is InChI=1S/C11H18/c1-6-4-9(6)10-5-8-3-7(2)11(8)10/h6-11H,3-5H2,1-2H3. The minimum atomic E-state index is 1.09. The first-order valence-electron chi connectivity index (χ1n) is 5.27. The van der Waals surface area contributed by atoms with Crippen molar-refractivity contribution < 1.29 is 0 Å². The lowest BCUT2D eigenvalue weighted by atomic mass is 9.47. The fourth-order valence-electron chi connectivity index (χ4n) is 3.80. The average Bonchev–Trinajstić information content (AvgIpc) is 2.59. The van der Waals surface area contributed by atoms with E-state index in [1.54, 1.807) is 19.3 Å². The van der Waals surface area contributed by atoms with Crippen molar-refractivity contribution in [1.82, 2.24) is 0 Å². The van der Waals surface area contributed by atoms with Crippen molar-refractivity contribution in [2.24, 2.45) is 35.5 Å². The van der Waals surface area contributed by atoms with Gasteiger partial charge in [-0.1, -0.05) is 13.8 Å². The second-order valence-corrected chi connectivity index (χ2v) is 5.33. The van der Waals surface area contributed by atoms with Gasteiger partial charge in [0.1, 0.15) is 0 Å². The molecule has 3 rings (SSSR count). The van der Waals surface area contributed by atoms with Crippen LogP contribution < -0.4 is 0 Å². The van der Waals surface area contributed by atoms with Crippen molar-refractivity contribution in [3.8, 4) is 0 Å². The summed E-state index contributed by atoms with van der Waals surface area (Å²) >= 11 is 0. The Labute approximate surface area is 69.4 Å². The maximum atomic E-state index is 2.46. The molecule has 0 radical (unpaired) electrons. The minimum Gasteiger partial charge on any atom is -0.0622 e. The Balaban J connectivity index is 1.66. The number of hydrogen-bond donors (Lipinski definition) is 0. The lowest BCUT2D eigenvalue weighted by molar-refractivity contribution is -0.0924. The molecule has 6 unspecified atom stereocenters. The minimum absolute atomic E-state index is 1.09. The third-order valence-corrected chi connectivity index (χ3v) is 4.67. The monoisotopic (exact) mass is 150 g/mol. The topological polar surface area (TPSA) is 0 Å². The van der Waals surface area contributed by atoms with Gasteiger partial charge in [0.2, 0.25) is 0 Å². The van der Waals surface area contributed by atoms with Gasteiger partial charge in [-0.15, -0.1) is 0 Å². The Morgan fingerprint density at radius 1 is 0.818 bits per heavy atom. The maximum absolute atomic E-state index is 2.46. The van der Waals surface area contributed by atoms with E-state index in [0.717, 1.165) is 11.8 Å². The largest absolute Gasteiger partial charge is 0.0622 e. The molecule has 0 nitrogen and oxygen atoms in total. The van der Waals surface area contributed by atoms with E-state index in [4.69, 9.17) is 0 Å². The van der Waals surface area contributed by atoms with Crippen molar-refractivity contribution in [1.29, 1.82) is 0 Å². The molecular weight excluding hydrogens is 132 g/mol. The van der Waals surface area contributed by atoms with Crippen molar-refractivity contribution in [2.75, 3.05) is 0 Å². The Hall–Kier alpha value is 0. The van der Waals surface area contributed by atoms with Crippen LogP contribution in [0.5, 0.6) is 0 Å². The van der Waals surface area contributed by atoms with Crippen molar-refractivity contribution >= 4 is 0 Å². The first-order valence-corrected chi connectivity index (χ1v) is 5.27. The van der Waals surface area contributed by atoms with Gasteiger partial charge in [0, 0.05) is 0 Å². The van der Waals surface area contributed by atoms with Crippen molar-refractivity contribution in [3.63, 3.8) is 0 Å². The third-order valence-electron chi connectivity index (χ3n) is 4.67. The summed E-state index contributed by atoms with van der Waals surface area (Å²) in [4.78, 5) is 0. The number of rotatable bonds is 1. The lowest BCUT2D eigenvalue weighted by Crippen LogP contribution is -2.51. The van der Waals surface area contributed by atoms with Crippen molar-refractivity contribution in [2.45, 2.75) is 33.1 Å². The van der Waals surface area contributed by atoms with Crippen LogP contribution in [-0.4, -0.2) is 0 Å². The van der Waals surface area contributed by atoms with E-state index in [2.05, 4.69) is 13.8 Å². The molecule has 3 aliphatic rings. The van der Waals surface area contributed by atoms with Gasteiger partial charge in [0.05, 0.1) is 0 Å². The van der Waals surface area contributed by atoms with E-state index in [-0.39, 0.29) is 0 Å². The van der Waals surface area contributed by atoms with Crippen LogP contribution in [0.25, 0.3) is 0 Å². The highest BCUT2D eigenvalue weighted by Crippen LogP contribution is 2.65. The molecule has 0 aromatic rings. The zero-order valence-electron chi connectivity index (χ0n) is 7.59. The molecule has 3 fully saturated rings. The predicted molar refractivity (Wildman–Crippen MR) is 46.1 cm³/mol. The molecule has 0 N–H and O–H groups in total. The molecule has 3 saturated carbocycles. The van der Waals surface area contributed by atoms with E-state index in [1.807, 2.05) is 0 Å². The Morgan fingerprint density at radius 3 is 2.00 bits per heavy atom. The predicted octanol–water partition coefficient (Wildman–Crippen LogP) is 2.93. The molecule has 0 heterocycles. The van der Waals surface area contributed by atoms with Crippen LogP contribution in [0.15, 0.2) is 0 Å². The average molecular weight is 150 g/mol. The van der Waals surface area contributed by atoms with Gasteiger partial charge in [0.25, 0.3) is 0 Å². The second-order valence-electron chi connectivity index (χ2n) is 5.33. The molecule has 0 aromatic heterocycles. The maximum Gasteiger partial charge on any atom is -0.0328 e. The van der Waals surface area contributed by atoms with Crippen molar-refractivity contribution in [3.05, 3.63) is 0 Å². The van der Waals surface area contributed by atoms with E-state index in [1.165, 1.54) is 23.7 Å². The second kappa shape index (κ2) is 1.84. The lowest BCUT2D eigenvalue weighted by Gasteiger charge is -2.58. The highest BCUT2D eigenvalue weighted by atomic mass is 14.6. The van der Waals surface area contributed by atoms with E-state index in [0.29, 0.717) is 0 Å². The highest BCUT2D eigenvalue weighted by Gasteiger charge is 2.57. The van der Waals surface area contributed by atoms with Crippen LogP contribution in [-0.2, 0) is 0 Å². The van der Waals surface area contributed by atoms with E-state index < -0.39 is 0 Å². The summed E-state index contributed by atoms with van der Waals surface area (Å²) in [6, 6.07) is 0. The zero-order valence-corrected chi connectivity index (χ0v) is 7.59. The fourth-order valence-corrected chi connectivity index (χ4v) is 3.80. The van der Waals surface area contributed by atoms with Crippen LogP contribution in [0, 0.1) is 35.5 Å². The van der Waals surface area contributed by atoms with Gasteiger partial charge in [-0.3, -0.25) is 0 Å². The Morgan fingerprint density at radius 2 is 1.55 bits per heavy atom. The first kappa shape index (κ1) is 6.51. The van der Waals surface area contributed by atoms with Gasteiger partial charge in [-0.25, -0.2) is 0 Å². The van der Waals surface area contributed by atoms with Gasteiger partial charge in [-0.05, 0) is 54.8 Å². The summed E-state index contributed by atoms with van der Waals surface area (Å²) in [6.07, 6.45) is 4.72. The summed E-state index contributed by atoms with van der Waals surface area (Å²) < 4.78 is 0. The molecule has 0 aromatic carbocycles. The molecule has 3 aliphatic carbocycles. The number of fused-ring (bicyclic) bond motifs is 1. The summed E-state index contributed by atoms with van der Waals surface area (Å²) in [5, 5.41) is 0. The van der Waals surface area contributed by atoms with Crippen LogP contribution in [0.2, 0.25) is 0 Å². The molecule has 0 spiro atoms. The molecule has 0 saturated heterocycles. The smallest absolute Gasteiger partial charge is 0.0328 e. The van der Waals surface area contributed by atoms with Gasteiger partial charge in [-0.2, -0.15) is 0 Å². The summed E-state index contributed by atoms with van der Waals surface area (Å²) in [7, 11) is 0. The van der Waals surface area contributed by atoms with Gasteiger partial charge in [0.15, 0.2) is 0 Å². The molecule has 6 atom stereocenters. The van der Waals surface area contributed by atoms with E-state index >= 15 is 0 Å². The summed E-state index contributed by atoms with van der Waals surface area (Å²) in [5.41, 5.74) is 0. The van der Waals surface area contributed by atoms with Crippen LogP contribution in [0.4, 0.5) is 0 Å². The Bertz CT molecular complexity index is 180. The first-order chi connectivity index (χ1) is 5.27. The SMILES string of the molecule is CC1CC1C1CC2CC(C)C21. The van der Waals surface area contributed by atoms with Crippen LogP contribution >= 0.6 is 0 Å². The summed E-state index contributed by atoms with van der Waals surface area (Å²) in [5.74, 6) is 6.89. The molecule has 62 valence electrons. The third kappa shape index (κ3) is 0.711. The summed E-state index contributed by atoms with van der Waals surface area (Å²) in [6.45, 7) is 4.89. The molecule has 0 amide bonds. The van der Waals surface area contributed by atoms with Gasteiger partial charge < -0.3 is 0 Å². The van der Waals surface area contributed by atoms with Crippen LogP contribution in [0.3, 0.4) is 0 Å².